The zero-order valence-electron chi connectivity index (χ0n) is 18.0. The maximum Gasteiger partial charge on any atom is 0.303 e. The van der Waals surface area contributed by atoms with Crippen LogP contribution in [0.1, 0.15) is 83.6 Å². The van der Waals surface area contributed by atoms with E-state index in [0.717, 1.165) is 55.7 Å². The average molecular weight is 404 g/mol. The molecule has 1 amide bonds. The summed E-state index contributed by atoms with van der Waals surface area (Å²) in [6, 6.07) is 5.89. The van der Waals surface area contributed by atoms with Crippen LogP contribution in [0.15, 0.2) is 18.2 Å². The molecule has 0 atom stereocenters. The molecule has 5 heteroatoms. The van der Waals surface area contributed by atoms with Crippen LogP contribution in [0.5, 0.6) is 5.75 Å². The number of nitrogens with one attached hydrogen (secondary N) is 1. The first-order valence-corrected chi connectivity index (χ1v) is 11.3. The number of amides is 1. The molecule has 1 aromatic rings. The first kappa shape index (κ1) is 23.2. The summed E-state index contributed by atoms with van der Waals surface area (Å²) in [5.74, 6) is 0.941. The molecule has 0 radical (unpaired) electrons. The Balaban J connectivity index is 1.90. The van der Waals surface area contributed by atoms with Gasteiger partial charge in [0.15, 0.2) is 0 Å². The van der Waals surface area contributed by atoms with Crippen molar-refractivity contribution in [2.75, 3.05) is 11.9 Å². The van der Waals surface area contributed by atoms with Crippen LogP contribution in [-0.4, -0.2) is 23.6 Å². The molecule has 0 spiro atoms. The molecule has 0 bridgehead atoms. The number of rotatable bonds is 12. The van der Waals surface area contributed by atoms with Crippen LogP contribution in [0.3, 0.4) is 0 Å². The third-order valence-corrected chi connectivity index (χ3v) is 5.89. The van der Waals surface area contributed by atoms with E-state index < -0.39 is 5.97 Å². The minimum atomic E-state index is -0.752. The van der Waals surface area contributed by atoms with Gasteiger partial charge in [0.05, 0.1) is 12.3 Å². The molecule has 0 saturated heterocycles. The van der Waals surface area contributed by atoms with E-state index in [4.69, 9.17) is 9.84 Å². The molecular weight excluding hydrogens is 366 g/mol. The number of unbranched alkanes of at least 4 members (excludes halogenated alkanes) is 2. The lowest BCUT2D eigenvalue weighted by Gasteiger charge is -2.28. The second-order valence-electron chi connectivity index (χ2n) is 8.21. The molecule has 1 aromatic carbocycles. The first-order valence-electron chi connectivity index (χ1n) is 11.3. The number of hydrogen-bond acceptors (Lipinski definition) is 3. The third-order valence-electron chi connectivity index (χ3n) is 5.89. The number of anilines is 1. The smallest absolute Gasteiger partial charge is 0.303 e. The van der Waals surface area contributed by atoms with Gasteiger partial charge in [-0.05, 0) is 75.5 Å². The van der Waals surface area contributed by atoms with E-state index in [0.29, 0.717) is 18.8 Å². The lowest BCUT2D eigenvalue weighted by atomic mass is 9.79. The molecule has 1 saturated carbocycles. The van der Waals surface area contributed by atoms with Crippen molar-refractivity contribution in [1.82, 2.24) is 0 Å². The molecule has 0 aromatic heterocycles. The van der Waals surface area contributed by atoms with Crippen molar-refractivity contribution in [2.45, 2.75) is 84.5 Å². The Hall–Kier alpha value is -2.04. The van der Waals surface area contributed by atoms with Gasteiger partial charge in [-0.2, -0.15) is 0 Å². The summed E-state index contributed by atoms with van der Waals surface area (Å²) in [6.07, 6.45) is 10.6. The van der Waals surface area contributed by atoms with Gasteiger partial charge in [-0.25, -0.2) is 0 Å². The molecule has 0 aliphatic heterocycles. The number of ether oxygens (including phenoxy) is 1. The fraction of sp³-hybridized carbons (Fsp3) is 0.667. The molecule has 1 fully saturated rings. The van der Waals surface area contributed by atoms with E-state index >= 15 is 0 Å². The van der Waals surface area contributed by atoms with E-state index in [1.807, 2.05) is 25.1 Å². The van der Waals surface area contributed by atoms with Crippen molar-refractivity contribution in [3.8, 4) is 5.75 Å². The van der Waals surface area contributed by atoms with E-state index in [1.54, 1.807) is 0 Å². The minimum absolute atomic E-state index is 0.0954. The Morgan fingerprint density at radius 1 is 1.10 bits per heavy atom. The summed E-state index contributed by atoms with van der Waals surface area (Å²) >= 11 is 0. The van der Waals surface area contributed by atoms with Crippen LogP contribution in [0, 0.1) is 11.8 Å². The molecule has 162 valence electrons. The number of carboxylic acid groups (broad SMARTS) is 1. The van der Waals surface area contributed by atoms with Gasteiger partial charge < -0.3 is 15.2 Å². The molecule has 0 heterocycles. The van der Waals surface area contributed by atoms with Gasteiger partial charge in [0.25, 0.3) is 0 Å². The number of benzene rings is 1. The minimum Gasteiger partial charge on any atom is -0.492 e. The Labute approximate surface area is 175 Å². The monoisotopic (exact) mass is 403 g/mol. The first-order chi connectivity index (χ1) is 14.0. The number of aliphatic carboxylic acids is 1. The number of hydrogen-bond donors (Lipinski definition) is 2. The van der Waals surface area contributed by atoms with Crippen molar-refractivity contribution in [1.29, 1.82) is 0 Å². The molecule has 29 heavy (non-hydrogen) atoms. The third kappa shape index (κ3) is 8.08. The molecule has 0 unspecified atom stereocenters. The summed E-state index contributed by atoms with van der Waals surface area (Å²) in [7, 11) is 0. The summed E-state index contributed by atoms with van der Waals surface area (Å²) in [5.41, 5.74) is 1.84. The Morgan fingerprint density at radius 2 is 1.86 bits per heavy atom. The summed E-state index contributed by atoms with van der Waals surface area (Å²) in [4.78, 5) is 23.4. The van der Waals surface area contributed by atoms with Gasteiger partial charge in [-0.15, -0.1) is 0 Å². The van der Waals surface area contributed by atoms with E-state index in [-0.39, 0.29) is 18.2 Å². The number of carboxylic acids is 1. The van der Waals surface area contributed by atoms with Crippen molar-refractivity contribution < 1.29 is 19.4 Å². The van der Waals surface area contributed by atoms with Crippen LogP contribution in [-0.2, 0) is 16.0 Å². The lowest BCUT2D eigenvalue weighted by Crippen LogP contribution is -2.27. The van der Waals surface area contributed by atoms with Gasteiger partial charge >= 0.3 is 5.97 Å². The van der Waals surface area contributed by atoms with E-state index in [9.17, 15) is 9.59 Å². The SMILES string of the molecule is CCCCC1CCC(C(=O)Nc2ccc(CCCCC(=O)O)cc2OCC)CC1. The molecular formula is C24H37NO4. The molecule has 1 aliphatic rings. The van der Waals surface area contributed by atoms with Gasteiger partial charge in [0, 0.05) is 12.3 Å². The second-order valence-corrected chi connectivity index (χ2v) is 8.21. The zero-order chi connectivity index (χ0) is 21.1. The van der Waals surface area contributed by atoms with Crippen LogP contribution in [0.4, 0.5) is 5.69 Å². The highest BCUT2D eigenvalue weighted by atomic mass is 16.5. The Bertz CT molecular complexity index is 650. The highest BCUT2D eigenvalue weighted by Gasteiger charge is 2.26. The fourth-order valence-electron chi connectivity index (χ4n) is 4.15. The number of carbonyl (C=O) groups excluding carboxylic acids is 1. The Morgan fingerprint density at radius 3 is 2.52 bits per heavy atom. The van der Waals surface area contributed by atoms with Crippen molar-refractivity contribution >= 4 is 17.6 Å². The topological polar surface area (TPSA) is 75.6 Å². The number of carbonyl (C=O) groups is 2. The molecule has 2 rings (SSSR count). The van der Waals surface area contributed by atoms with Crippen LogP contribution in [0.2, 0.25) is 0 Å². The second kappa shape index (κ2) is 12.5. The van der Waals surface area contributed by atoms with Crippen molar-refractivity contribution in [3.05, 3.63) is 23.8 Å². The van der Waals surface area contributed by atoms with Gasteiger partial charge in [-0.3, -0.25) is 9.59 Å². The predicted octanol–water partition coefficient (Wildman–Crippen LogP) is 5.82. The summed E-state index contributed by atoms with van der Waals surface area (Å²) < 4.78 is 5.76. The molecule has 5 nitrogen and oxygen atoms in total. The maximum atomic E-state index is 12.8. The predicted molar refractivity (Wildman–Crippen MR) is 116 cm³/mol. The van der Waals surface area contributed by atoms with E-state index in [1.165, 1.54) is 19.3 Å². The highest BCUT2D eigenvalue weighted by molar-refractivity contribution is 5.94. The van der Waals surface area contributed by atoms with Crippen LogP contribution < -0.4 is 10.1 Å². The van der Waals surface area contributed by atoms with E-state index in [2.05, 4.69) is 12.2 Å². The van der Waals surface area contributed by atoms with Gasteiger partial charge in [0.2, 0.25) is 5.91 Å². The zero-order valence-corrected chi connectivity index (χ0v) is 18.0. The quantitative estimate of drug-likeness (QED) is 0.431. The van der Waals surface area contributed by atoms with Gasteiger partial charge in [-0.1, -0.05) is 32.3 Å². The average Bonchev–Trinajstić information content (AvgIpc) is 2.71. The standard InChI is InChI=1S/C24H37NO4/c1-3-5-8-18-11-14-20(15-12-18)24(28)25-21-16-13-19(17-22(21)29-4-2)9-6-7-10-23(26)27/h13,16-18,20H,3-12,14-15H2,1-2H3,(H,25,28)(H,26,27). The van der Waals surface area contributed by atoms with Gasteiger partial charge in [0.1, 0.15) is 5.75 Å². The highest BCUT2D eigenvalue weighted by Crippen LogP contribution is 2.34. The largest absolute Gasteiger partial charge is 0.492 e. The van der Waals surface area contributed by atoms with Crippen molar-refractivity contribution in [2.24, 2.45) is 11.8 Å². The van der Waals surface area contributed by atoms with Crippen molar-refractivity contribution in [3.63, 3.8) is 0 Å². The molecule has 2 N–H and O–H groups in total. The summed E-state index contributed by atoms with van der Waals surface area (Å²) in [6.45, 7) is 4.70. The van der Waals surface area contributed by atoms with Crippen LogP contribution >= 0.6 is 0 Å². The lowest BCUT2D eigenvalue weighted by molar-refractivity contribution is -0.137. The number of aryl methyl sites for hydroxylation is 1. The molecule has 1 aliphatic carbocycles. The normalized spacial score (nSPS) is 19.0. The maximum absolute atomic E-state index is 12.8. The van der Waals surface area contributed by atoms with Crippen LogP contribution in [0.25, 0.3) is 0 Å². The summed E-state index contributed by atoms with van der Waals surface area (Å²) in [5, 5.41) is 11.8. The fourth-order valence-corrected chi connectivity index (χ4v) is 4.15. The Kier molecular flexibility index (Phi) is 10.0.